The highest BCUT2D eigenvalue weighted by atomic mass is 32.2. The summed E-state index contributed by atoms with van der Waals surface area (Å²) in [4.78, 5) is 0.225. The molecule has 2 N–H and O–H groups in total. The zero-order valence-electron chi connectivity index (χ0n) is 11.5. The fraction of sp³-hybridized carbons (Fsp3) is 0.308. The highest BCUT2D eigenvalue weighted by Crippen LogP contribution is 2.17. The minimum absolute atomic E-state index is 0.225. The van der Waals surface area contributed by atoms with Crippen LogP contribution in [0.15, 0.2) is 41.6 Å². The summed E-state index contributed by atoms with van der Waals surface area (Å²) in [5.74, 6) is 0. The molecule has 0 aliphatic heterocycles. The Hall–Kier alpha value is -2.02. The third kappa shape index (κ3) is 3.30. The number of anilines is 2. The van der Waals surface area contributed by atoms with Crippen molar-refractivity contribution in [3.05, 3.63) is 36.7 Å². The number of aryl methyl sites for hydroxylation is 1. The van der Waals surface area contributed by atoms with E-state index >= 15 is 0 Å². The van der Waals surface area contributed by atoms with Crippen LogP contribution in [0.25, 0.3) is 0 Å². The van der Waals surface area contributed by atoms with Crippen LogP contribution in [0.4, 0.5) is 11.4 Å². The molecule has 1 aromatic carbocycles. The number of sulfonamides is 1. The maximum atomic E-state index is 12.2. The molecule has 1 heterocycles. The summed E-state index contributed by atoms with van der Waals surface area (Å²) in [5, 5.41) is 7.15. The van der Waals surface area contributed by atoms with Gasteiger partial charge in [0.1, 0.15) is 0 Å². The van der Waals surface area contributed by atoms with E-state index in [-0.39, 0.29) is 4.90 Å². The normalized spacial score (nSPS) is 11.3. The van der Waals surface area contributed by atoms with Crippen molar-refractivity contribution in [1.29, 1.82) is 0 Å². The van der Waals surface area contributed by atoms with E-state index in [4.69, 9.17) is 0 Å². The van der Waals surface area contributed by atoms with Gasteiger partial charge in [-0.2, -0.15) is 5.10 Å². The van der Waals surface area contributed by atoms with E-state index in [9.17, 15) is 8.42 Å². The Morgan fingerprint density at radius 2 is 1.85 bits per heavy atom. The highest BCUT2D eigenvalue weighted by Gasteiger charge is 2.14. The summed E-state index contributed by atoms with van der Waals surface area (Å²) >= 11 is 0. The van der Waals surface area contributed by atoms with Crippen molar-refractivity contribution in [2.75, 3.05) is 16.6 Å². The number of hydrogen-bond acceptors (Lipinski definition) is 4. The molecule has 0 fully saturated rings. The van der Waals surface area contributed by atoms with Crippen LogP contribution < -0.4 is 10.0 Å². The van der Waals surface area contributed by atoms with Crippen molar-refractivity contribution in [3.63, 3.8) is 0 Å². The molecule has 1 aromatic heterocycles. The zero-order chi connectivity index (χ0) is 14.6. The molecule has 6 nitrogen and oxygen atoms in total. The van der Waals surface area contributed by atoms with Crippen LogP contribution >= 0.6 is 0 Å². The molecule has 0 saturated heterocycles. The predicted octanol–water partition coefficient (Wildman–Crippen LogP) is 2.14. The number of benzene rings is 1. The maximum Gasteiger partial charge on any atom is 0.261 e. The van der Waals surface area contributed by atoms with Gasteiger partial charge in [0.15, 0.2) is 0 Å². The summed E-state index contributed by atoms with van der Waals surface area (Å²) in [7, 11) is -3.57. The first kappa shape index (κ1) is 14.4. The molecule has 0 atom stereocenters. The van der Waals surface area contributed by atoms with Gasteiger partial charge in [-0.25, -0.2) is 8.42 Å². The fourth-order valence-electron chi connectivity index (χ4n) is 1.76. The standard InChI is InChI=1S/C13H18N4O2S/c1-3-14-11-5-7-13(8-6-11)20(18,19)16-12-9-15-17(4-2)10-12/h5-10,14,16H,3-4H2,1-2H3. The molecule has 108 valence electrons. The third-order valence-corrected chi connectivity index (χ3v) is 4.15. The van der Waals surface area contributed by atoms with Crippen molar-refractivity contribution in [2.45, 2.75) is 25.3 Å². The molecule has 2 rings (SSSR count). The second-order valence-electron chi connectivity index (χ2n) is 4.24. The monoisotopic (exact) mass is 294 g/mol. The lowest BCUT2D eigenvalue weighted by Crippen LogP contribution is -2.12. The topological polar surface area (TPSA) is 76.0 Å². The molecule has 2 aromatic rings. The lowest BCUT2D eigenvalue weighted by molar-refractivity contribution is 0.601. The van der Waals surface area contributed by atoms with Gasteiger partial charge in [0.05, 0.1) is 16.8 Å². The average molecular weight is 294 g/mol. The second-order valence-corrected chi connectivity index (χ2v) is 5.93. The van der Waals surface area contributed by atoms with Crippen LogP contribution in [0, 0.1) is 0 Å². The van der Waals surface area contributed by atoms with Crippen molar-refractivity contribution in [3.8, 4) is 0 Å². The maximum absolute atomic E-state index is 12.2. The van der Waals surface area contributed by atoms with Crippen molar-refractivity contribution < 1.29 is 8.42 Å². The van der Waals surface area contributed by atoms with E-state index in [0.717, 1.165) is 12.2 Å². The van der Waals surface area contributed by atoms with Gasteiger partial charge < -0.3 is 5.32 Å². The van der Waals surface area contributed by atoms with Gasteiger partial charge in [-0.1, -0.05) is 0 Å². The van der Waals surface area contributed by atoms with Gasteiger partial charge in [-0.05, 0) is 38.1 Å². The van der Waals surface area contributed by atoms with E-state index < -0.39 is 10.0 Å². The van der Waals surface area contributed by atoms with E-state index in [1.165, 1.54) is 6.20 Å². The number of hydrogen-bond donors (Lipinski definition) is 2. The number of nitrogens with zero attached hydrogens (tertiary/aromatic N) is 2. The number of rotatable bonds is 6. The van der Waals surface area contributed by atoms with Crippen LogP contribution in [0.3, 0.4) is 0 Å². The largest absolute Gasteiger partial charge is 0.385 e. The molecule has 0 aliphatic rings. The van der Waals surface area contributed by atoms with Crippen LogP contribution in [0.5, 0.6) is 0 Å². The third-order valence-electron chi connectivity index (χ3n) is 2.75. The Kier molecular flexibility index (Phi) is 4.29. The number of aromatic nitrogens is 2. The van der Waals surface area contributed by atoms with E-state index in [0.29, 0.717) is 12.2 Å². The lowest BCUT2D eigenvalue weighted by atomic mass is 10.3. The second kappa shape index (κ2) is 5.96. The minimum Gasteiger partial charge on any atom is -0.385 e. The Labute approximate surface area is 118 Å². The molecular formula is C13H18N4O2S. The Bertz CT molecular complexity index is 662. The summed E-state index contributed by atoms with van der Waals surface area (Å²) in [6.45, 7) is 5.40. The Balaban J connectivity index is 2.17. The first-order chi connectivity index (χ1) is 9.55. The van der Waals surface area contributed by atoms with Crippen molar-refractivity contribution >= 4 is 21.4 Å². The summed E-state index contributed by atoms with van der Waals surface area (Å²) in [6, 6.07) is 6.64. The van der Waals surface area contributed by atoms with Crippen molar-refractivity contribution in [2.24, 2.45) is 0 Å². The Morgan fingerprint density at radius 3 is 2.40 bits per heavy atom. The van der Waals surface area contributed by atoms with Gasteiger partial charge in [0.25, 0.3) is 10.0 Å². The summed E-state index contributed by atoms with van der Waals surface area (Å²) < 4.78 is 28.6. The SMILES string of the molecule is CCNc1ccc(S(=O)(=O)Nc2cnn(CC)c2)cc1. The number of nitrogens with one attached hydrogen (secondary N) is 2. The first-order valence-electron chi connectivity index (χ1n) is 6.44. The smallest absolute Gasteiger partial charge is 0.261 e. The molecule has 0 amide bonds. The molecule has 0 unspecified atom stereocenters. The molecular weight excluding hydrogens is 276 g/mol. The average Bonchev–Trinajstić information content (AvgIpc) is 2.87. The van der Waals surface area contributed by atoms with Crippen LogP contribution in [0.1, 0.15) is 13.8 Å². The quantitative estimate of drug-likeness (QED) is 0.856. The van der Waals surface area contributed by atoms with Gasteiger partial charge in [0.2, 0.25) is 0 Å². The Morgan fingerprint density at radius 1 is 1.15 bits per heavy atom. The van der Waals surface area contributed by atoms with E-state index in [2.05, 4.69) is 15.1 Å². The zero-order valence-corrected chi connectivity index (χ0v) is 12.3. The van der Waals surface area contributed by atoms with Gasteiger partial charge in [-0.3, -0.25) is 9.40 Å². The fourth-order valence-corrected chi connectivity index (χ4v) is 2.79. The summed E-state index contributed by atoms with van der Waals surface area (Å²) in [5.41, 5.74) is 1.35. The minimum atomic E-state index is -3.57. The van der Waals surface area contributed by atoms with Gasteiger partial charge in [0, 0.05) is 25.0 Å². The highest BCUT2D eigenvalue weighted by molar-refractivity contribution is 7.92. The van der Waals surface area contributed by atoms with Crippen LogP contribution in [-0.2, 0) is 16.6 Å². The predicted molar refractivity (Wildman–Crippen MR) is 79.3 cm³/mol. The molecule has 0 saturated carbocycles. The van der Waals surface area contributed by atoms with Crippen LogP contribution in [-0.4, -0.2) is 24.7 Å². The molecule has 0 radical (unpaired) electrons. The molecule has 0 spiro atoms. The van der Waals surface area contributed by atoms with Gasteiger partial charge >= 0.3 is 0 Å². The first-order valence-corrected chi connectivity index (χ1v) is 7.92. The molecule has 0 bridgehead atoms. The van der Waals surface area contributed by atoms with Crippen LogP contribution in [0.2, 0.25) is 0 Å². The molecule has 20 heavy (non-hydrogen) atoms. The summed E-state index contributed by atoms with van der Waals surface area (Å²) in [6.07, 6.45) is 3.15. The van der Waals surface area contributed by atoms with E-state index in [1.807, 2.05) is 13.8 Å². The van der Waals surface area contributed by atoms with E-state index in [1.54, 1.807) is 35.1 Å². The molecule has 7 heteroatoms. The van der Waals surface area contributed by atoms with Crippen molar-refractivity contribution in [1.82, 2.24) is 9.78 Å². The molecule has 0 aliphatic carbocycles. The van der Waals surface area contributed by atoms with Gasteiger partial charge in [-0.15, -0.1) is 0 Å². The lowest BCUT2D eigenvalue weighted by Gasteiger charge is -2.07.